The number of nitrogens with zero attached hydrogens (tertiary/aromatic N) is 3. The molecule has 0 aliphatic heterocycles. The number of aliphatic imine (C=N–C) groups is 1. The van der Waals surface area contributed by atoms with E-state index in [2.05, 4.69) is 23.2 Å². The molecule has 2 aromatic rings. The van der Waals surface area contributed by atoms with Crippen molar-refractivity contribution in [2.24, 2.45) is 12.0 Å². The lowest BCUT2D eigenvalue weighted by molar-refractivity contribution is 0.582. The molecule has 0 spiro atoms. The van der Waals surface area contributed by atoms with Gasteiger partial charge in [0.1, 0.15) is 11.4 Å². The third-order valence-electron chi connectivity index (χ3n) is 2.68. The van der Waals surface area contributed by atoms with E-state index in [1.807, 2.05) is 55.3 Å². The van der Waals surface area contributed by atoms with Crippen LogP contribution in [0.5, 0.6) is 5.75 Å². The molecule has 2 rings (SSSR count). The maximum Gasteiger partial charge on any atom is 0.274 e. The van der Waals surface area contributed by atoms with Crippen LogP contribution in [0.25, 0.3) is 0 Å². The highest BCUT2D eigenvalue weighted by molar-refractivity contribution is 6.49. The summed E-state index contributed by atoms with van der Waals surface area (Å²) in [5.74, 6) is 0.845. The minimum absolute atomic E-state index is 0.788. The van der Waals surface area contributed by atoms with Crippen LogP contribution in [0.1, 0.15) is 11.3 Å². The maximum atomic E-state index is 5.84. The smallest absolute Gasteiger partial charge is 0.274 e. The van der Waals surface area contributed by atoms with E-state index in [0.29, 0.717) is 0 Å². The molecular formula is C14H18N3OSi. The van der Waals surface area contributed by atoms with Crippen LogP contribution in [-0.4, -0.2) is 25.0 Å². The molecule has 1 heterocycles. The average molecular weight is 272 g/mol. The fraction of sp³-hybridized carbons (Fsp3) is 0.286. The molecule has 1 radical (unpaired) electrons. The summed E-state index contributed by atoms with van der Waals surface area (Å²) >= 11 is 0. The summed E-state index contributed by atoms with van der Waals surface area (Å²) in [5, 5.41) is 4.20. The van der Waals surface area contributed by atoms with Gasteiger partial charge in [-0.15, -0.1) is 0 Å². The number of benzene rings is 1. The molecule has 5 heteroatoms. The molecule has 19 heavy (non-hydrogen) atoms. The van der Waals surface area contributed by atoms with E-state index in [9.17, 15) is 0 Å². The second-order valence-electron chi connectivity index (χ2n) is 4.57. The van der Waals surface area contributed by atoms with E-state index in [4.69, 9.17) is 4.43 Å². The predicted octanol–water partition coefficient (Wildman–Crippen LogP) is 3.11. The largest absolute Gasteiger partial charge is 0.541 e. The van der Waals surface area contributed by atoms with Crippen molar-refractivity contribution in [3.8, 4) is 5.75 Å². The molecule has 99 valence electrons. The average Bonchev–Trinajstić information content (AvgIpc) is 2.68. The van der Waals surface area contributed by atoms with Gasteiger partial charge in [-0.3, -0.25) is 9.67 Å². The molecule has 0 aliphatic rings. The fourth-order valence-corrected chi connectivity index (χ4v) is 2.36. The molecule has 0 aliphatic carbocycles. The molecule has 0 amide bonds. The molecular weight excluding hydrogens is 254 g/mol. The van der Waals surface area contributed by atoms with Gasteiger partial charge in [-0.1, -0.05) is 12.1 Å². The second-order valence-corrected chi connectivity index (χ2v) is 6.59. The molecule has 0 atom stereocenters. The molecule has 1 aromatic carbocycles. The van der Waals surface area contributed by atoms with Crippen molar-refractivity contribution in [2.75, 3.05) is 0 Å². The van der Waals surface area contributed by atoms with Crippen LogP contribution in [0.3, 0.4) is 0 Å². The topological polar surface area (TPSA) is 39.4 Å². The Hall–Kier alpha value is -1.88. The van der Waals surface area contributed by atoms with Crippen LogP contribution in [0, 0.1) is 6.92 Å². The van der Waals surface area contributed by atoms with Gasteiger partial charge in [0.05, 0.1) is 18.1 Å². The first-order valence-electron chi connectivity index (χ1n) is 6.17. The zero-order valence-corrected chi connectivity index (χ0v) is 12.7. The summed E-state index contributed by atoms with van der Waals surface area (Å²) in [7, 11) is 1.12. The van der Waals surface area contributed by atoms with E-state index in [1.54, 1.807) is 0 Å². The van der Waals surface area contributed by atoms with Crippen LogP contribution >= 0.6 is 0 Å². The van der Waals surface area contributed by atoms with Gasteiger partial charge in [0.15, 0.2) is 0 Å². The van der Waals surface area contributed by atoms with Crippen molar-refractivity contribution in [3.63, 3.8) is 0 Å². The summed E-state index contributed by atoms with van der Waals surface area (Å²) in [4.78, 5) is 4.53. The van der Waals surface area contributed by atoms with Crippen molar-refractivity contribution >= 4 is 20.9 Å². The van der Waals surface area contributed by atoms with E-state index in [-0.39, 0.29) is 0 Å². The Morgan fingerprint density at radius 3 is 2.68 bits per heavy atom. The zero-order chi connectivity index (χ0) is 13.8. The van der Waals surface area contributed by atoms with Crippen molar-refractivity contribution < 1.29 is 4.43 Å². The lowest BCUT2D eigenvalue weighted by atomic mass is 10.3. The SMILES string of the molecule is Cc1cnn(C)c1C=Nc1ccccc1O[Si](C)C. The van der Waals surface area contributed by atoms with Gasteiger partial charge in [0, 0.05) is 7.05 Å². The van der Waals surface area contributed by atoms with Crippen molar-refractivity contribution in [2.45, 2.75) is 20.0 Å². The van der Waals surface area contributed by atoms with Crippen molar-refractivity contribution in [1.82, 2.24) is 9.78 Å². The molecule has 1 aromatic heterocycles. The van der Waals surface area contributed by atoms with Gasteiger partial charge in [0.2, 0.25) is 0 Å². The van der Waals surface area contributed by atoms with Crippen LogP contribution in [0.2, 0.25) is 13.1 Å². The van der Waals surface area contributed by atoms with Gasteiger partial charge in [-0.05, 0) is 37.7 Å². The molecule has 0 N–H and O–H groups in total. The summed E-state index contributed by atoms with van der Waals surface area (Å²) in [6.45, 7) is 6.24. The zero-order valence-electron chi connectivity index (χ0n) is 11.7. The standard InChI is InChI=1S/C14H18N3OSi/c1-11-9-16-17(2)13(11)10-15-12-7-5-6-8-14(12)18-19(3)4/h5-10H,1-4H3. The lowest BCUT2D eigenvalue weighted by Crippen LogP contribution is -2.11. The molecule has 4 nitrogen and oxygen atoms in total. The summed E-state index contributed by atoms with van der Waals surface area (Å²) in [6, 6.07) is 7.85. The van der Waals surface area contributed by atoms with Crippen LogP contribution < -0.4 is 4.43 Å². The number of aromatic nitrogens is 2. The third-order valence-corrected chi connectivity index (χ3v) is 3.31. The van der Waals surface area contributed by atoms with E-state index < -0.39 is 9.04 Å². The van der Waals surface area contributed by atoms with Crippen LogP contribution in [0.15, 0.2) is 35.5 Å². The van der Waals surface area contributed by atoms with Gasteiger partial charge in [0.25, 0.3) is 9.04 Å². The Balaban J connectivity index is 2.28. The maximum absolute atomic E-state index is 5.84. The Morgan fingerprint density at radius 2 is 2.05 bits per heavy atom. The number of rotatable bonds is 4. The quantitative estimate of drug-likeness (QED) is 0.633. The van der Waals surface area contributed by atoms with Crippen molar-refractivity contribution in [1.29, 1.82) is 0 Å². The van der Waals surface area contributed by atoms with Crippen LogP contribution in [0.4, 0.5) is 5.69 Å². The van der Waals surface area contributed by atoms with Gasteiger partial charge >= 0.3 is 0 Å². The Bertz CT molecular complexity index is 571. The second kappa shape index (κ2) is 5.84. The molecule has 0 fully saturated rings. The molecule has 0 saturated heterocycles. The summed E-state index contributed by atoms with van der Waals surface area (Å²) < 4.78 is 7.66. The molecule has 0 bridgehead atoms. The minimum Gasteiger partial charge on any atom is -0.541 e. The third kappa shape index (κ3) is 3.32. The highest BCUT2D eigenvalue weighted by atomic mass is 28.3. The summed E-state index contributed by atoms with van der Waals surface area (Å²) in [6.07, 6.45) is 3.67. The van der Waals surface area contributed by atoms with Gasteiger partial charge in [-0.2, -0.15) is 5.10 Å². The van der Waals surface area contributed by atoms with E-state index in [1.165, 1.54) is 0 Å². The first-order chi connectivity index (χ1) is 9.08. The fourth-order valence-electron chi connectivity index (χ4n) is 1.74. The normalized spacial score (nSPS) is 11.4. The first kappa shape index (κ1) is 13.5. The monoisotopic (exact) mass is 272 g/mol. The number of hydrogen-bond acceptors (Lipinski definition) is 3. The van der Waals surface area contributed by atoms with Crippen molar-refractivity contribution in [3.05, 3.63) is 41.7 Å². The van der Waals surface area contributed by atoms with Gasteiger partial charge in [-0.25, -0.2) is 0 Å². The summed E-state index contributed by atoms with van der Waals surface area (Å²) in [5.41, 5.74) is 2.98. The highest BCUT2D eigenvalue weighted by Gasteiger charge is 2.06. The number of aryl methyl sites for hydroxylation is 2. The Labute approximate surface area is 115 Å². The van der Waals surface area contributed by atoms with Gasteiger partial charge < -0.3 is 4.43 Å². The van der Waals surface area contributed by atoms with E-state index in [0.717, 1.165) is 22.7 Å². The Morgan fingerprint density at radius 1 is 1.32 bits per heavy atom. The predicted molar refractivity (Wildman–Crippen MR) is 79.8 cm³/mol. The van der Waals surface area contributed by atoms with Crippen LogP contribution in [-0.2, 0) is 7.05 Å². The number of hydrogen-bond donors (Lipinski definition) is 0. The highest BCUT2D eigenvalue weighted by Crippen LogP contribution is 2.27. The molecule has 0 saturated carbocycles. The molecule has 0 unspecified atom stereocenters. The Kier molecular flexibility index (Phi) is 4.16. The minimum atomic E-state index is -0.788. The number of para-hydroxylation sites is 2. The van der Waals surface area contributed by atoms with E-state index >= 15 is 0 Å². The first-order valence-corrected chi connectivity index (χ1v) is 8.58. The lowest BCUT2D eigenvalue weighted by Gasteiger charge is -2.10.